The van der Waals surface area contributed by atoms with E-state index < -0.39 is 0 Å². The van der Waals surface area contributed by atoms with Gasteiger partial charge in [-0.05, 0) is 31.4 Å². The van der Waals surface area contributed by atoms with Crippen LogP contribution in [0.1, 0.15) is 36.6 Å². The number of halogens is 1. The third-order valence-corrected chi connectivity index (χ3v) is 5.35. The second kappa shape index (κ2) is 7.66. The zero-order valence-electron chi connectivity index (χ0n) is 13.4. The maximum atomic E-state index is 13.9. The van der Waals surface area contributed by atoms with Crippen molar-refractivity contribution >= 4 is 17.2 Å². The molecule has 1 fully saturated rings. The highest BCUT2D eigenvalue weighted by atomic mass is 32.1. The number of allylic oxidation sites excluding steroid dienone is 1. The first kappa shape index (κ1) is 16.8. The largest absolute Gasteiger partial charge is 0.342 e. The normalized spacial score (nSPS) is 17.7. The zero-order chi connectivity index (χ0) is 16.9. The summed E-state index contributed by atoms with van der Waals surface area (Å²) in [4.78, 5) is 14.1. The van der Waals surface area contributed by atoms with Crippen LogP contribution in [0.25, 0.3) is 10.6 Å². The Bertz CT molecular complexity index is 731. The van der Waals surface area contributed by atoms with Crippen molar-refractivity contribution in [3.05, 3.63) is 47.7 Å². The number of carbonyl (C=O) groups excluding carboxylic acids is 1. The number of hydrogen-bond donors (Lipinski definition) is 0. The average Bonchev–Trinajstić information content (AvgIpc) is 3.10. The van der Waals surface area contributed by atoms with E-state index in [2.05, 4.69) is 16.8 Å². The Morgan fingerprint density at radius 1 is 1.42 bits per heavy atom. The molecular weight excluding hydrogens is 325 g/mol. The topological polar surface area (TPSA) is 46.1 Å². The van der Waals surface area contributed by atoms with Crippen molar-refractivity contribution in [2.75, 3.05) is 13.1 Å². The smallest absolute Gasteiger partial charge is 0.222 e. The minimum absolute atomic E-state index is 0.165. The number of likely N-dealkylation sites (tertiary alicyclic amines) is 1. The van der Waals surface area contributed by atoms with Crippen LogP contribution in [0.2, 0.25) is 0 Å². The van der Waals surface area contributed by atoms with Crippen molar-refractivity contribution in [3.8, 4) is 10.6 Å². The fourth-order valence-corrected chi connectivity index (χ4v) is 3.93. The van der Waals surface area contributed by atoms with Gasteiger partial charge in [0.1, 0.15) is 10.8 Å². The lowest BCUT2D eigenvalue weighted by Crippen LogP contribution is -2.38. The van der Waals surface area contributed by atoms with Crippen molar-refractivity contribution in [2.24, 2.45) is 0 Å². The number of rotatable bonds is 5. The molecule has 24 heavy (non-hydrogen) atoms. The summed E-state index contributed by atoms with van der Waals surface area (Å²) in [6.45, 7) is 5.13. The van der Waals surface area contributed by atoms with Gasteiger partial charge in [0.2, 0.25) is 5.91 Å². The van der Waals surface area contributed by atoms with Gasteiger partial charge < -0.3 is 4.90 Å². The lowest BCUT2D eigenvalue weighted by Gasteiger charge is -2.31. The van der Waals surface area contributed by atoms with Gasteiger partial charge in [0.05, 0.1) is 0 Å². The first-order valence-electron chi connectivity index (χ1n) is 8.16. The van der Waals surface area contributed by atoms with Crippen LogP contribution in [-0.4, -0.2) is 34.1 Å². The molecule has 1 aromatic carbocycles. The fourth-order valence-electron chi connectivity index (χ4n) is 2.93. The number of amides is 1. The molecular formula is C18H20FN3OS. The Hall–Kier alpha value is -2.08. The Labute approximate surface area is 145 Å². The summed E-state index contributed by atoms with van der Waals surface area (Å²) in [7, 11) is 0. The number of hydrogen-bond acceptors (Lipinski definition) is 4. The van der Waals surface area contributed by atoms with Crippen molar-refractivity contribution < 1.29 is 9.18 Å². The molecule has 1 saturated heterocycles. The lowest BCUT2D eigenvalue weighted by atomic mass is 9.98. The standard InChI is InChI=1S/C18H20FN3OS/c1-2-3-10-16(23)22-11-6-7-13(12-22)17-20-21-18(24-17)14-8-4-5-9-15(14)19/h2,4-5,8-9,13H,1,3,6-7,10-12H2. The number of carbonyl (C=O) groups is 1. The Balaban J connectivity index is 1.72. The fraction of sp³-hybridized carbons (Fsp3) is 0.389. The van der Waals surface area contributed by atoms with Gasteiger partial charge in [-0.1, -0.05) is 29.5 Å². The highest BCUT2D eigenvalue weighted by Crippen LogP contribution is 2.33. The Morgan fingerprint density at radius 3 is 3.04 bits per heavy atom. The summed E-state index contributed by atoms with van der Waals surface area (Å²) in [5, 5.41) is 9.89. The third-order valence-electron chi connectivity index (χ3n) is 4.23. The van der Waals surface area contributed by atoms with E-state index in [0.717, 1.165) is 24.4 Å². The summed E-state index contributed by atoms with van der Waals surface area (Å²) in [6.07, 6.45) is 4.92. The van der Waals surface area contributed by atoms with Crippen LogP contribution in [0, 0.1) is 5.82 Å². The Morgan fingerprint density at radius 2 is 2.25 bits per heavy atom. The van der Waals surface area contributed by atoms with Crippen molar-refractivity contribution in [1.29, 1.82) is 0 Å². The number of benzene rings is 1. The first-order valence-corrected chi connectivity index (χ1v) is 8.97. The van der Waals surface area contributed by atoms with Gasteiger partial charge in [-0.25, -0.2) is 4.39 Å². The minimum atomic E-state index is -0.287. The van der Waals surface area contributed by atoms with Gasteiger partial charge in [-0.2, -0.15) is 0 Å². The highest BCUT2D eigenvalue weighted by Gasteiger charge is 2.27. The van der Waals surface area contributed by atoms with E-state index in [9.17, 15) is 9.18 Å². The number of piperidine rings is 1. The van der Waals surface area contributed by atoms with E-state index in [1.807, 2.05) is 4.90 Å². The van der Waals surface area contributed by atoms with E-state index in [1.54, 1.807) is 24.3 Å². The van der Waals surface area contributed by atoms with Crippen molar-refractivity contribution in [3.63, 3.8) is 0 Å². The molecule has 0 aliphatic carbocycles. The molecule has 3 rings (SSSR count). The van der Waals surface area contributed by atoms with Crippen LogP contribution in [0.5, 0.6) is 0 Å². The molecule has 2 aromatic rings. The molecule has 1 aliphatic rings. The summed E-state index contributed by atoms with van der Waals surface area (Å²) in [6, 6.07) is 6.59. The van der Waals surface area contributed by atoms with Crippen LogP contribution >= 0.6 is 11.3 Å². The summed E-state index contributed by atoms with van der Waals surface area (Å²) in [5.41, 5.74) is 0.482. The first-order chi connectivity index (χ1) is 11.7. The number of nitrogens with zero attached hydrogens (tertiary/aromatic N) is 3. The zero-order valence-corrected chi connectivity index (χ0v) is 14.3. The molecule has 1 aliphatic heterocycles. The van der Waals surface area contributed by atoms with Crippen LogP contribution in [0.4, 0.5) is 4.39 Å². The highest BCUT2D eigenvalue weighted by molar-refractivity contribution is 7.14. The van der Waals surface area contributed by atoms with E-state index in [0.29, 0.717) is 30.0 Å². The monoisotopic (exact) mass is 345 g/mol. The van der Waals surface area contributed by atoms with Crippen LogP contribution in [0.3, 0.4) is 0 Å². The molecule has 6 heteroatoms. The molecule has 0 spiro atoms. The van der Waals surface area contributed by atoms with Gasteiger partial charge in [0.25, 0.3) is 0 Å². The molecule has 0 saturated carbocycles. The van der Waals surface area contributed by atoms with Crippen molar-refractivity contribution in [1.82, 2.24) is 15.1 Å². The predicted octanol–water partition coefficient (Wildman–Crippen LogP) is 4.02. The van der Waals surface area contributed by atoms with Gasteiger partial charge in [0.15, 0.2) is 5.01 Å². The molecule has 1 aromatic heterocycles. The van der Waals surface area contributed by atoms with Crippen molar-refractivity contribution in [2.45, 2.75) is 31.6 Å². The maximum Gasteiger partial charge on any atom is 0.222 e. The summed E-state index contributed by atoms with van der Waals surface area (Å²) >= 11 is 1.42. The second-order valence-electron chi connectivity index (χ2n) is 5.93. The van der Waals surface area contributed by atoms with E-state index >= 15 is 0 Å². The number of aromatic nitrogens is 2. The van der Waals surface area contributed by atoms with Gasteiger partial charge in [-0.3, -0.25) is 4.79 Å². The molecule has 0 bridgehead atoms. The van der Waals surface area contributed by atoms with Crippen LogP contribution in [0.15, 0.2) is 36.9 Å². The van der Waals surface area contributed by atoms with Gasteiger partial charge >= 0.3 is 0 Å². The lowest BCUT2D eigenvalue weighted by molar-refractivity contribution is -0.132. The minimum Gasteiger partial charge on any atom is -0.342 e. The third kappa shape index (κ3) is 3.70. The van der Waals surface area contributed by atoms with E-state index in [1.165, 1.54) is 17.4 Å². The molecule has 0 radical (unpaired) electrons. The average molecular weight is 345 g/mol. The molecule has 0 N–H and O–H groups in total. The van der Waals surface area contributed by atoms with Crippen LogP contribution < -0.4 is 0 Å². The van der Waals surface area contributed by atoms with Crippen LogP contribution in [-0.2, 0) is 4.79 Å². The molecule has 1 unspecified atom stereocenters. The summed E-state index contributed by atoms with van der Waals surface area (Å²) < 4.78 is 13.9. The molecule has 2 heterocycles. The SMILES string of the molecule is C=CCCC(=O)N1CCCC(c2nnc(-c3ccccc3F)s2)C1. The predicted molar refractivity (Wildman–Crippen MR) is 93.3 cm³/mol. The van der Waals surface area contributed by atoms with E-state index in [-0.39, 0.29) is 17.6 Å². The quantitative estimate of drug-likeness (QED) is 0.769. The molecule has 4 nitrogen and oxygen atoms in total. The molecule has 1 atom stereocenters. The second-order valence-corrected chi connectivity index (χ2v) is 6.94. The Kier molecular flexibility index (Phi) is 5.35. The van der Waals surface area contributed by atoms with Gasteiger partial charge in [-0.15, -0.1) is 16.8 Å². The van der Waals surface area contributed by atoms with Gasteiger partial charge in [0, 0.05) is 31.0 Å². The molecule has 126 valence electrons. The summed E-state index contributed by atoms with van der Waals surface area (Å²) in [5.74, 6) is 0.0629. The molecule has 1 amide bonds. The van der Waals surface area contributed by atoms with E-state index in [4.69, 9.17) is 0 Å². The maximum absolute atomic E-state index is 13.9.